The molecule has 3 aromatic rings. The second kappa shape index (κ2) is 6.87. The van der Waals surface area contributed by atoms with E-state index in [0.717, 1.165) is 12.8 Å². The van der Waals surface area contributed by atoms with Crippen LogP contribution in [0.5, 0.6) is 5.75 Å². The molecular weight excluding hydrogens is 374 g/mol. The molecule has 0 radical (unpaired) electrons. The first-order valence-electron chi connectivity index (χ1n) is 8.43. The lowest BCUT2D eigenvalue weighted by Gasteiger charge is -2.10. The molecule has 1 aliphatic rings. The van der Waals surface area contributed by atoms with Crippen LogP contribution in [0.2, 0.25) is 0 Å². The highest BCUT2D eigenvalue weighted by Gasteiger charge is 2.27. The Balaban J connectivity index is 1.65. The minimum Gasteiger partial charge on any atom is -0.435 e. The Labute approximate surface area is 155 Å². The van der Waals surface area contributed by atoms with Gasteiger partial charge in [0, 0.05) is 24.0 Å². The van der Waals surface area contributed by atoms with Gasteiger partial charge in [0.2, 0.25) is 0 Å². The van der Waals surface area contributed by atoms with E-state index in [1.807, 2.05) is 0 Å². The van der Waals surface area contributed by atoms with Crippen LogP contribution in [0, 0.1) is 0 Å². The molecule has 2 N–H and O–H groups in total. The lowest BCUT2D eigenvalue weighted by molar-refractivity contribution is -0.0497. The van der Waals surface area contributed by atoms with Gasteiger partial charge < -0.3 is 10.1 Å². The number of H-pyrrole nitrogens is 1. The zero-order valence-corrected chi connectivity index (χ0v) is 14.3. The molecule has 4 rings (SSSR count). The number of aromatic amines is 1. The maximum Gasteiger partial charge on any atom is 0.387 e. The Morgan fingerprint density at radius 1 is 1.29 bits per heavy atom. The van der Waals surface area contributed by atoms with Crippen LogP contribution in [0.15, 0.2) is 46.1 Å². The van der Waals surface area contributed by atoms with Crippen molar-refractivity contribution in [1.29, 1.82) is 0 Å². The fraction of sp³-hybridized carbons (Fsp3) is 0.222. The third-order valence-electron chi connectivity index (χ3n) is 4.27. The molecule has 2 heterocycles. The summed E-state index contributed by atoms with van der Waals surface area (Å²) < 4.78 is 30.3. The van der Waals surface area contributed by atoms with Crippen molar-refractivity contribution < 1.29 is 18.3 Å². The van der Waals surface area contributed by atoms with Crippen molar-refractivity contribution >= 4 is 22.6 Å². The normalized spacial score (nSPS) is 13.7. The molecule has 0 aliphatic heterocycles. The number of halogens is 2. The van der Waals surface area contributed by atoms with E-state index in [1.54, 1.807) is 0 Å². The molecule has 1 aromatic carbocycles. The van der Waals surface area contributed by atoms with Crippen LogP contribution in [-0.2, 0) is 0 Å². The summed E-state index contributed by atoms with van der Waals surface area (Å²) >= 11 is 0. The number of nitrogens with zero attached hydrogens (tertiary/aromatic N) is 2. The van der Waals surface area contributed by atoms with Crippen molar-refractivity contribution in [1.82, 2.24) is 14.5 Å². The fourth-order valence-corrected chi connectivity index (χ4v) is 2.89. The third-order valence-corrected chi connectivity index (χ3v) is 4.27. The van der Waals surface area contributed by atoms with Crippen LogP contribution in [0.3, 0.4) is 0 Å². The zero-order valence-electron chi connectivity index (χ0n) is 14.3. The predicted molar refractivity (Wildman–Crippen MR) is 95.9 cm³/mol. The quantitative estimate of drug-likeness (QED) is 0.698. The van der Waals surface area contributed by atoms with Gasteiger partial charge in [-0.2, -0.15) is 8.78 Å². The Kier molecular flexibility index (Phi) is 4.38. The number of aromatic nitrogens is 3. The summed E-state index contributed by atoms with van der Waals surface area (Å²) in [5, 5.41) is 2.65. The van der Waals surface area contributed by atoms with E-state index in [0.29, 0.717) is 0 Å². The standard InChI is InChI=1S/C18H14F2N4O4/c19-17(20)28-12-3-1-2-10(7-12)22-15(25)9-6-13-14(21-8-9)24(11-4-5-11)18(27)23-16(13)26/h1-3,6-8,11,17H,4-5H2,(H,22,25)(H,23,26,27). The number of hydrogen-bond acceptors (Lipinski definition) is 5. The van der Waals surface area contributed by atoms with Gasteiger partial charge in [-0.3, -0.25) is 19.1 Å². The highest BCUT2D eigenvalue weighted by molar-refractivity contribution is 6.05. The van der Waals surface area contributed by atoms with Crippen molar-refractivity contribution in [2.24, 2.45) is 0 Å². The Hall–Kier alpha value is -3.56. The van der Waals surface area contributed by atoms with Crippen LogP contribution in [0.4, 0.5) is 14.5 Å². The lowest BCUT2D eigenvalue weighted by atomic mass is 10.2. The van der Waals surface area contributed by atoms with Crippen LogP contribution in [0.1, 0.15) is 29.2 Å². The maximum absolute atomic E-state index is 12.5. The molecule has 144 valence electrons. The number of rotatable bonds is 5. The molecule has 1 fully saturated rings. The van der Waals surface area contributed by atoms with Gasteiger partial charge in [0.1, 0.15) is 11.4 Å². The van der Waals surface area contributed by atoms with Crippen molar-refractivity contribution in [2.75, 3.05) is 5.32 Å². The SMILES string of the molecule is O=C(Nc1cccc(OC(F)F)c1)c1cnc2c(c1)c(=O)[nH]c(=O)n2C1CC1. The molecule has 8 nitrogen and oxygen atoms in total. The monoisotopic (exact) mass is 388 g/mol. The second-order valence-electron chi connectivity index (χ2n) is 6.32. The first-order valence-corrected chi connectivity index (χ1v) is 8.43. The van der Waals surface area contributed by atoms with Gasteiger partial charge in [0.05, 0.1) is 10.9 Å². The molecule has 0 saturated heterocycles. The number of ether oxygens (including phenoxy) is 1. The molecular formula is C18H14F2N4O4. The van der Waals surface area contributed by atoms with Crippen LogP contribution in [-0.4, -0.2) is 27.1 Å². The van der Waals surface area contributed by atoms with E-state index in [9.17, 15) is 23.2 Å². The van der Waals surface area contributed by atoms with Crippen LogP contribution in [0.25, 0.3) is 11.0 Å². The number of alkyl halides is 2. The summed E-state index contributed by atoms with van der Waals surface area (Å²) in [5.74, 6) is -0.693. The van der Waals surface area contributed by atoms with Crippen molar-refractivity contribution in [3.63, 3.8) is 0 Å². The average Bonchev–Trinajstić information content (AvgIpc) is 3.46. The number of pyridine rings is 1. The van der Waals surface area contributed by atoms with Gasteiger partial charge in [-0.15, -0.1) is 0 Å². The van der Waals surface area contributed by atoms with E-state index in [2.05, 4.69) is 20.0 Å². The number of anilines is 1. The molecule has 1 aliphatic carbocycles. The maximum atomic E-state index is 12.5. The second-order valence-corrected chi connectivity index (χ2v) is 6.32. The van der Waals surface area contributed by atoms with E-state index in [4.69, 9.17) is 0 Å². The van der Waals surface area contributed by atoms with Crippen molar-refractivity contribution in [2.45, 2.75) is 25.5 Å². The fourth-order valence-electron chi connectivity index (χ4n) is 2.89. The third kappa shape index (κ3) is 3.48. The Morgan fingerprint density at radius 3 is 2.79 bits per heavy atom. The molecule has 0 spiro atoms. The summed E-state index contributed by atoms with van der Waals surface area (Å²) in [6, 6.07) is 6.87. The van der Waals surface area contributed by atoms with E-state index >= 15 is 0 Å². The topological polar surface area (TPSA) is 106 Å². The molecule has 10 heteroatoms. The number of fused-ring (bicyclic) bond motifs is 1. The number of amides is 1. The van der Waals surface area contributed by atoms with Gasteiger partial charge in [-0.05, 0) is 31.0 Å². The molecule has 0 unspecified atom stereocenters. The van der Waals surface area contributed by atoms with E-state index < -0.39 is 23.8 Å². The summed E-state index contributed by atoms with van der Waals surface area (Å²) in [6.45, 7) is -2.98. The van der Waals surface area contributed by atoms with E-state index in [1.165, 1.54) is 41.1 Å². The van der Waals surface area contributed by atoms with E-state index in [-0.39, 0.29) is 34.1 Å². The molecule has 0 atom stereocenters. The number of nitrogens with one attached hydrogen (secondary N) is 2. The van der Waals surface area contributed by atoms with Crippen LogP contribution < -0.4 is 21.3 Å². The highest BCUT2D eigenvalue weighted by atomic mass is 19.3. The van der Waals surface area contributed by atoms with Crippen molar-refractivity contribution in [3.05, 3.63) is 62.9 Å². The minimum absolute atomic E-state index is 0.00315. The van der Waals surface area contributed by atoms with Gasteiger partial charge in [-0.1, -0.05) is 6.07 Å². The number of benzene rings is 1. The Bertz CT molecular complexity index is 1180. The van der Waals surface area contributed by atoms with Crippen molar-refractivity contribution in [3.8, 4) is 5.75 Å². The van der Waals surface area contributed by atoms with Gasteiger partial charge in [0.25, 0.3) is 11.5 Å². The lowest BCUT2D eigenvalue weighted by Crippen LogP contribution is -2.30. The first kappa shape index (κ1) is 17.8. The zero-order chi connectivity index (χ0) is 19.8. The summed E-state index contributed by atoms with van der Waals surface area (Å²) in [6.07, 6.45) is 2.90. The largest absolute Gasteiger partial charge is 0.435 e. The minimum atomic E-state index is -2.98. The highest BCUT2D eigenvalue weighted by Crippen LogP contribution is 2.34. The summed E-state index contributed by atoms with van der Waals surface area (Å²) in [5.41, 5.74) is -0.619. The first-order chi connectivity index (χ1) is 13.4. The molecule has 1 amide bonds. The summed E-state index contributed by atoms with van der Waals surface area (Å²) in [7, 11) is 0. The number of hydrogen-bond donors (Lipinski definition) is 2. The van der Waals surface area contributed by atoms with Gasteiger partial charge in [0.15, 0.2) is 0 Å². The number of carbonyl (C=O) groups excluding carboxylic acids is 1. The van der Waals surface area contributed by atoms with Gasteiger partial charge in [-0.25, -0.2) is 9.78 Å². The molecule has 0 bridgehead atoms. The van der Waals surface area contributed by atoms with Gasteiger partial charge >= 0.3 is 12.3 Å². The summed E-state index contributed by atoms with van der Waals surface area (Å²) in [4.78, 5) is 43.0. The molecule has 2 aromatic heterocycles. The predicted octanol–water partition coefficient (Wildman–Crippen LogP) is 2.27. The van der Waals surface area contributed by atoms with Crippen LogP contribution >= 0.6 is 0 Å². The molecule has 28 heavy (non-hydrogen) atoms. The smallest absolute Gasteiger partial charge is 0.387 e. The average molecular weight is 388 g/mol. The molecule has 1 saturated carbocycles. The number of carbonyl (C=O) groups is 1. The Morgan fingerprint density at radius 2 is 2.07 bits per heavy atom.